The zero-order chi connectivity index (χ0) is 15.7. The Morgan fingerprint density at radius 2 is 1.76 bits per heavy atom. The predicted molar refractivity (Wildman–Crippen MR) is 87.4 cm³/mol. The number of hydrogen-bond acceptors (Lipinski definition) is 3. The van der Waals surface area contributed by atoms with Gasteiger partial charge in [-0.2, -0.15) is 0 Å². The second-order valence-electron chi connectivity index (χ2n) is 5.81. The summed E-state index contributed by atoms with van der Waals surface area (Å²) in [6, 6.07) is 6.88. The highest BCUT2D eigenvalue weighted by Crippen LogP contribution is 2.15. The minimum absolute atomic E-state index is 0.228. The molecule has 0 fully saturated rings. The molecule has 0 saturated heterocycles. The lowest BCUT2D eigenvalue weighted by Crippen LogP contribution is -2.26. The number of rotatable bonds is 10. The maximum Gasteiger partial charge on any atom is 0.240 e. The van der Waals surface area contributed by atoms with Crippen molar-refractivity contribution in [1.82, 2.24) is 4.72 Å². The molecule has 1 aromatic carbocycles. The first-order valence-electron chi connectivity index (χ1n) is 7.75. The summed E-state index contributed by atoms with van der Waals surface area (Å²) < 4.78 is 27.1. The van der Waals surface area contributed by atoms with Crippen LogP contribution >= 0.6 is 0 Å². The van der Waals surface area contributed by atoms with Gasteiger partial charge in [-0.3, -0.25) is 0 Å². The molecule has 21 heavy (non-hydrogen) atoms. The Hall–Kier alpha value is -0.910. The topological polar surface area (TPSA) is 72.2 Å². The van der Waals surface area contributed by atoms with E-state index in [4.69, 9.17) is 5.73 Å². The van der Waals surface area contributed by atoms with E-state index < -0.39 is 10.0 Å². The average molecular weight is 312 g/mol. The van der Waals surface area contributed by atoms with E-state index >= 15 is 0 Å². The third kappa shape index (κ3) is 6.59. The molecule has 3 N–H and O–H groups in total. The van der Waals surface area contributed by atoms with Crippen molar-refractivity contribution in [3.63, 3.8) is 0 Å². The van der Waals surface area contributed by atoms with Crippen LogP contribution in [0.2, 0.25) is 0 Å². The number of hydrogen-bond donors (Lipinski definition) is 2. The Balaban J connectivity index is 2.37. The molecule has 4 nitrogen and oxygen atoms in total. The minimum Gasteiger partial charge on any atom is -0.326 e. The summed E-state index contributed by atoms with van der Waals surface area (Å²) in [5, 5.41) is 0. The van der Waals surface area contributed by atoms with Crippen molar-refractivity contribution < 1.29 is 8.42 Å². The fourth-order valence-corrected chi connectivity index (χ4v) is 3.57. The lowest BCUT2D eigenvalue weighted by Gasteiger charge is -2.10. The van der Waals surface area contributed by atoms with Gasteiger partial charge in [0.2, 0.25) is 10.0 Å². The molecule has 1 rings (SSSR count). The van der Waals surface area contributed by atoms with Gasteiger partial charge in [-0.25, -0.2) is 13.1 Å². The fourth-order valence-electron chi connectivity index (χ4n) is 2.25. The molecule has 0 spiro atoms. The van der Waals surface area contributed by atoms with Gasteiger partial charge in [-0.15, -0.1) is 0 Å². The van der Waals surface area contributed by atoms with Gasteiger partial charge in [0, 0.05) is 13.1 Å². The summed E-state index contributed by atoms with van der Waals surface area (Å²) in [7, 11) is -3.44. The zero-order valence-electron chi connectivity index (χ0n) is 13.1. The van der Waals surface area contributed by atoms with Gasteiger partial charge in [-0.05, 0) is 24.0 Å². The molecular formula is C16H28N2O2S. The standard InChI is InChI=1S/C16H28N2O2S/c1-14(2)9-5-3-4-8-12-18-21(19,20)16-11-7-6-10-15(16)13-17/h6-7,10-11,14,18H,3-5,8-9,12-13,17H2,1-2H3. The molecule has 0 saturated carbocycles. The van der Waals surface area contributed by atoms with Crippen LogP contribution in [0.3, 0.4) is 0 Å². The Bertz CT molecular complexity index is 513. The molecule has 5 heteroatoms. The summed E-state index contributed by atoms with van der Waals surface area (Å²) in [6.45, 7) is 5.17. The van der Waals surface area contributed by atoms with E-state index in [1.165, 1.54) is 19.3 Å². The molecule has 0 aliphatic carbocycles. The zero-order valence-corrected chi connectivity index (χ0v) is 14.0. The Kier molecular flexibility index (Phi) is 7.93. The second kappa shape index (κ2) is 9.18. The van der Waals surface area contributed by atoms with Gasteiger partial charge in [0.15, 0.2) is 0 Å². The first-order chi connectivity index (χ1) is 9.97. The minimum atomic E-state index is -3.44. The van der Waals surface area contributed by atoms with Crippen molar-refractivity contribution in [2.75, 3.05) is 6.54 Å². The van der Waals surface area contributed by atoms with Crippen molar-refractivity contribution in [2.24, 2.45) is 11.7 Å². The van der Waals surface area contributed by atoms with Crippen LogP contribution in [-0.4, -0.2) is 15.0 Å². The normalized spacial score (nSPS) is 12.0. The van der Waals surface area contributed by atoms with Crippen LogP contribution in [0.1, 0.15) is 51.5 Å². The van der Waals surface area contributed by atoms with Crippen molar-refractivity contribution in [3.05, 3.63) is 29.8 Å². The van der Waals surface area contributed by atoms with Crippen LogP contribution in [-0.2, 0) is 16.6 Å². The lowest BCUT2D eigenvalue weighted by atomic mass is 10.0. The van der Waals surface area contributed by atoms with E-state index in [-0.39, 0.29) is 6.54 Å². The molecule has 0 aromatic heterocycles. The second-order valence-corrected chi connectivity index (χ2v) is 7.54. The summed E-state index contributed by atoms with van der Waals surface area (Å²) in [4.78, 5) is 0.298. The molecule has 0 aliphatic heterocycles. The Morgan fingerprint density at radius 1 is 1.10 bits per heavy atom. The number of unbranched alkanes of at least 4 members (excludes halogenated alkanes) is 3. The third-order valence-corrected chi connectivity index (χ3v) is 5.04. The number of benzene rings is 1. The van der Waals surface area contributed by atoms with E-state index in [9.17, 15) is 8.42 Å². The summed E-state index contributed by atoms with van der Waals surface area (Å²) in [6.07, 6.45) is 5.57. The van der Waals surface area contributed by atoms with Gasteiger partial charge in [0.05, 0.1) is 4.90 Å². The highest BCUT2D eigenvalue weighted by molar-refractivity contribution is 7.89. The van der Waals surface area contributed by atoms with Gasteiger partial charge < -0.3 is 5.73 Å². The molecule has 0 amide bonds. The van der Waals surface area contributed by atoms with Crippen LogP contribution in [0.5, 0.6) is 0 Å². The summed E-state index contributed by atoms with van der Waals surface area (Å²) >= 11 is 0. The van der Waals surface area contributed by atoms with Crippen molar-refractivity contribution >= 4 is 10.0 Å². The molecular weight excluding hydrogens is 284 g/mol. The highest BCUT2D eigenvalue weighted by Gasteiger charge is 2.16. The highest BCUT2D eigenvalue weighted by atomic mass is 32.2. The first kappa shape index (κ1) is 18.1. The van der Waals surface area contributed by atoms with Gasteiger partial charge in [-0.1, -0.05) is 57.7 Å². The largest absolute Gasteiger partial charge is 0.326 e. The smallest absolute Gasteiger partial charge is 0.240 e. The first-order valence-corrected chi connectivity index (χ1v) is 9.23. The molecule has 0 unspecified atom stereocenters. The van der Waals surface area contributed by atoms with Crippen LogP contribution < -0.4 is 10.5 Å². The maximum atomic E-state index is 12.2. The van der Waals surface area contributed by atoms with Crippen molar-refractivity contribution in [1.29, 1.82) is 0 Å². The molecule has 0 radical (unpaired) electrons. The number of sulfonamides is 1. The predicted octanol–water partition coefficient (Wildman–Crippen LogP) is 3.03. The molecule has 1 aromatic rings. The monoisotopic (exact) mass is 312 g/mol. The number of nitrogens with two attached hydrogens (primary N) is 1. The van der Waals surface area contributed by atoms with Gasteiger partial charge in [0.1, 0.15) is 0 Å². The van der Waals surface area contributed by atoms with Crippen molar-refractivity contribution in [2.45, 2.75) is 57.4 Å². The van der Waals surface area contributed by atoms with E-state index in [2.05, 4.69) is 18.6 Å². The van der Waals surface area contributed by atoms with E-state index in [1.54, 1.807) is 24.3 Å². The summed E-state index contributed by atoms with van der Waals surface area (Å²) in [5.74, 6) is 0.747. The van der Waals surface area contributed by atoms with Crippen LogP contribution in [0.15, 0.2) is 29.2 Å². The molecule has 0 aliphatic rings. The molecule has 0 atom stereocenters. The van der Waals surface area contributed by atoms with E-state index in [1.807, 2.05) is 0 Å². The van der Waals surface area contributed by atoms with Crippen molar-refractivity contribution in [3.8, 4) is 0 Å². The maximum absolute atomic E-state index is 12.2. The van der Waals surface area contributed by atoms with Crippen LogP contribution in [0.4, 0.5) is 0 Å². The number of nitrogens with one attached hydrogen (secondary N) is 1. The SMILES string of the molecule is CC(C)CCCCCCNS(=O)(=O)c1ccccc1CN. The van der Waals surface area contributed by atoms with Crippen LogP contribution in [0.25, 0.3) is 0 Å². The third-order valence-electron chi connectivity index (χ3n) is 3.48. The average Bonchev–Trinajstić information content (AvgIpc) is 2.45. The molecule has 0 bridgehead atoms. The van der Waals surface area contributed by atoms with Gasteiger partial charge in [0.25, 0.3) is 0 Å². The Morgan fingerprint density at radius 3 is 2.43 bits per heavy atom. The summed E-state index contributed by atoms with van der Waals surface area (Å²) in [5.41, 5.74) is 6.24. The van der Waals surface area contributed by atoms with Crippen LogP contribution in [0, 0.1) is 5.92 Å². The van der Waals surface area contributed by atoms with E-state index in [0.29, 0.717) is 17.0 Å². The van der Waals surface area contributed by atoms with E-state index in [0.717, 1.165) is 18.8 Å². The Labute approximate surface area is 129 Å². The van der Waals surface area contributed by atoms with Gasteiger partial charge >= 0.3 is 0 Å². The fraction of sp³-hybridized carbons (Fsp3) is 0.625. The quantitative estimate of drug-likeness (QED) is 0.652. The molecule has 120 valence electrons. The lowest BCUT2D eigenvalue weighted by molar-refractivity contribution is 0.517. The molecule has 0 heterocycles.